The summed E-state index contributed by atoms with van der Waals surface area (Å²) in [5.74, 6) is -0.101. The Hall–Kier alpha value is -3.47. The first kappa shape index (κ1) is 19.8. The van der Waals surface area contributed by atoms with E-state index >= 15 is 0 Å². The van der Waals surface area contributed by atoms with Crippen molar-refractivity contribution in [2.24, 2.45) is 0 Å². The number of nitrogens with one attached hydrogen (secondary N) is 1. The summed E-state index contributed by atoms with van der Waals surface area (Å²) in [7, 11) is 0. The molecule has 0 aliphatic rings. The number of amides is 1. The fourth-order valence-corrected chi connectivity index (χ4v) is 3.73. The largest absolute Gasteiger partial charge is 0.345 e. The predicted molar refractivity (Wildman–Crippen MR) is 120 cm³/mol. The molecule has 0 aliphatic carbocycles. The fourth-order valence-electron chi connectivity index (χ4n) is 3.73. The van der Waals surface area contributed by atoms with Gasteiger partial charge in [-0.05, 0) is 37.5 Å². The minimum atomic E-state index is -0.101. The third-order valence-corrected chi connectivity index (χ3v) is 5.36. The lowest BCUT2D eigenvalue weighted by Crippen LogP contribution is -2.27. The highest BCUT2D eigenvalue weighted by atomic mass is 16.1. The summed E-state index contributed by atoms with van der Waals surface area (Å²) >= 11 is 0. The molecule has 0 saturated carbocycles. The zero-order valence-electron chi connectivity index (χ0n) is 17.6. The number of hydrogen-bond acceptors (Lipinski definition) is 3. The van der Waals surface area contributed by atoms with Crippen molar-refractivity contribution in [3.05, 3.63) is 94.8 Å². The molecule has 0 saturated heterocycles. The minimum Gasteiger partial charge on any atom is -0.345 e. The van der Waals surface area contributed by atoms with E-state index in [-0.39, 0.29) is 11.9 Å². The van der Waals surface area contributed by atoms with E-state index in [2.05, 4.69) is 17.4 Å². The summed E-state index contributed by atoms with van der Waals surface area (Å²) in [6.07, 6.45) is 0.750. The van der Waals surface area contributed by atoms with Gasteiger partial charge in [0.15, 0.2) is 5.65 Å². The maximum Gasteiger partial charge on any atom is 0.252 e. The van der Waals surface area contributed by atoms with E-state index < -0.39 is 0 Å². The highest BCUT2D eigenvalue weighted by Gasteiger charge is 2.21. The van der Waals surface area contributed by atoms with Gasteiger partial charge in [0.05, 0.1) is 29.2 Å². The van der Waals surface area contributed by atoms with Crippen LogP contribution < -0.4 is 5.32 Å². The summed E-state index contributed by atoms with van der Waals surface area (Å²) in [6.45, 7) is 6.60. The summed E-state index contributed by atoms with van der Waals surface area (Å²) in [5.41, 5.74) is 5.31. The van der Waals surface area contributed by atoms with Crippen molar-refractivity contribution in [1.82, 2.24) is 20.1 Å². The van der Waals surface area contributed by atoms with Gasteiger partial charge in [-0.15, -0.1) is 0 Å². The van der Waals surface area contributed by atoms with E-state index in [1.165, 1.54) is 0 Å². The molecule has 30 heavy (non-hydrogen) atoms. The topological polar surface area (TPSA) is 59.8 Å². The molecule has 2 heterocycles. The van der Waals surface area contributed by atoms with Crippen molar-refractivity contribution in [1.29, 1.82) is 0 Å². The van der Waals surface area contributed by atoms with E-state index in [1.54, 1.807) is 0 Å². The quantitative estimate of drug-likeness (QED) is 0.505. The van der Waals surface area contributed by atoms with Crippen molar-refractivity contribution in [3.8, 4) is 0 Å². The van der Waals surface area contributed by atoms with Crippen LogP contribution in [0.5, 0.6) is 0 Å². The monoisotopic (exact) mass is 398 g/mol. The fraction of sp³-hybridized carbons (Fsp3) is 0.240. The van der Waals surface area contributed by atoms with E-state index in [0.717, 1.165) is 40.0 Å². The van der Waals surface area contributed by atoms with Gasteiger partial charge in [-0.1, -0.05) is 67.6 Å². The summed E-state index contributed by atoms with van der Waals surface area (Å²) < 4.78 is 1.90. The average molecular weight is 399 g/mol. The SMILES string of the molecule is CCc1cc(C(=O)NC(C)c2ccccc2)c2c(C)nn(Cc3ccccc3)c2n1. The van der Waals surface area contributed by atoms with E-state index in [0.29, 0.717) is 12.1 Å². The van der Waals surface area contributed by atoms with Gasteiger partial charge in [-0.25, -0.2) is 9.67 Å². The molecule has 0 bridgehead atoms. The first-order valence-corrected chi connectivity index (χ1v) is 10.3. The number of fused-ring (bicyclic) bond motifs is 1. The number of benzene rings is 2. The molecular formula is C25H26N4O. The van der Waals surface area contributed by atoms with Crippen LogP contribution >= 0.6 is 0 Å². The highest BCUT2D eigenvalue weighted by molar-refractivity contribution is 6.06. The molecule has 5 nitrogen and oxygen atoms in total. The molecule has 2 aromatic carbocycles. The number of nitrogens with zero attached hydrogens (tertiary/aromatic N) is 3. The Balaban J connectivity index is 1.73. The maximum atomic E-state index is 13.3. The Morgan fingerprint density at radius 3 is 2.40 bits per heavy atom. The van der Waals surface area contributed by atoms with Crippen LogP contribution in [0.25, 0.3) is 11.0 Å². The molecule has 0 fully saturated rings. The van der Waals surface area contributed by atoms with Gasteiger partial charge in [0.25, 0.3) is 5.91 Å². The van der Waals surface area contributed by atoms with Gasteiger partial charge in [0.2, 0.25) is 0 Å². The molecule has 2 aromatic heterocycles. The Morgan fingerprint density at radius 2 is 1.73 bits per heavy atom. The van der Waals surface area contributed by atoms with Gasteiger partial charge in [0.1, 0.15) is 0 Å². The van der Waals surface area contributed by atoms with Crippen LogP contribution in [0.15, 0.2) is 66.7 Å². The molecule has 1 atom stereocenters. The summed E-state index contributed by atoms with van der Waals surface area (Å²) in [6, 6.07) is 22.0. The van der Waals surface area contributed by atoms with Crippen LogP contribution in [0.3, 0.4) is 0 Å². The lowest BCUT2D eigenvalue weighted by atomic mass is 10.1. The second-order valence-electron chi connectivity index (χ2n) is 7.55. The summed E-state index contributed by atoms with van der Waals surface area (Å²) in [5, 5.41) is 8.67. The van der Waals surface area contributed by atoms with Crippen LogP contribution in [0.1, 0.15) is 52.8 Å². The molecule has 0 aliphatic heterocycles. The normalized spacial score (nSPS) is 12.1. The molecular weight excluding hydrogens is 372 g/mol. The number of pyridine rings is 1. The van der Waals surface area contributed by atoms with E-state index in [4.69, 9.17) is 10.1 Å². The van der Waals surface area contributed by atoms with Crippen LogP contribution in [-0.4, -0.2) is 20.7 Å². The zero-order chi connectivity index (χ0) is 21.1. The van der Waals surface area contributed by atoms with Gasteiger partial charge in [0, 0.05) is 5.69 Å². The van der Waals surface area contributed by atoms with Gasteiger partial charge >= 0.3 is 0 Å². The third kappa shape index (κ3) is 3.96. The molecule has 1 amide bonds. The Kier molecular flexibility index (Phi) is 5.61. The molecule has 0 radical (unpaired) electrons. The highest BCUT2D eigenvalue weighted by Crippen LogP contribution is 2.24. The van der Waals surface area contributed by atoms with Crippen LogP contribution in [-0.2, 0) is 13.0 Å². The number of carbonyl (C=O) groups is 1. The van der Waals surface area contributed by atoms with Gasteiger partial charge in [-0.3, -0.25) is 4.79 Å². The Bertz CT molecular complexity index is 1170. The van der Waals surface area contributed by atoms with Crippen LogP contribution in [0, 0.1) is 6.92 Å². The van der Waals surface area contributed by atoms with Crippen molar-refractivity contribution >= 4 is 16.9 Å². The standard InChI is InChI=1S/C25H26N4O/c1-4-21-15-22(25(30)26-17(2)20-13-9-6-10-14-20)23-18(3)28-29(24(23)27-21)16-19-11-7-5-8-12-19/h5-15,17H,4,16H2,1-3H3,(H,26,30). The van der Waals surface area contributed by atoms with Crippen molar-refractivity contribution in [2.75, 3.05) is 0 Å². The first-order chi connectivity index (χ1) is 14.6. The third-order valence-electron chi connectivity index (χ3n) is 5.36. The molecule has 152 valence electrons. The lowest BCUT2D eigenvalue weighted by molar-refractivity contribution is 0.0941. The Labute approximate surface area is 176 Å². The molecule has 1 N–H and O–H groups in total. The number of hydrogen-bond donors (Lipinski definition) is 1. The number of rotatable bonds is 6. The van der Waals surface area contributed by atoms with Crippen LogP contribution in [0.4, 0.5) is 0 Å². The van der Waals surface area contributed by atoms with Gasteiger partial charge in [-0.2, -0.15) is 5.10 Å². The average Bonchev–Trinajstić information content (AvgIpc) is 3.09. The van der Waals surface area contributed by atoms with Crippen molar-refractivity contribution in [3.63, 3.8) is 0 Å². The molecule has 5 heteroatoms. The summed E-state index contributed by atoms with van der Waals surface area (Å²) in [4.78, 5) is 18.1. The van der Waals surface area contributed by atoms with Crippen LogP contribution in [0.2, 0.25) is 0 Å². The zero-order valence-corrected chi connectivity index (χ0v) is 17.6. The lowest BCUT2D eigenvalue weighted by Gasteiger charge is -2.15. The Morgan fingerprint density at radius 1 is 1.07 bits per heavy atom. The number of aryl methyl sites for hydroxylation is 2. The molecule has 0 spiro atoms. The first-order valence-electron chi connectivity index (χ1n) is 10.3. The van der Waals surface area contributed by atoms with Crippen molar-refractivity contribution < 1.29 is 4.79 Å². The molecule has 4 rings (SSSR count). The predicted octanol–water partition coefficient (Wildman–Crippen LogP) is 4.84. The van der Waals surface area contributed by atoms with Gasteiger partial charge < -0.3 is 5.32 Å². The molecule has 1 unspecified atom stereocenters. The smallest absolute Gasteiger partial charge is 0.252 e. The second kappa shape index (κ2) is 8.49. The molecule has 4 aromatic rings. The van der Waals surface area contributed by atoms with E-state index in [1.807, 2.05) is 80.1 Å². The number of carbonyl (C=O) groups excluding carboxylic acids is 1. The second-order valence-corrected chi connectivity index (χ2v) is 7.55. The van der Waals surface area contributed by atoms with Crippen molar-refractivity contribution in [2.45, 2.75) is 39.8 Å². The number of aromatic nitrogens is 3. The minimum absolute atomic E-state index is 0.0911. The van der Waals surface area contributed by atoms with E-state index in [9.17, 15) is 4.79 Å². The maximum absolute atomic E-state index is 13.3.